The summed E-state index contributed by atoms with van der Waals surface area (Å²) < 4.78 is 28.2. The van der Waals surface area contributed by atoms with Crippen LogP contribution < -0.4 is 35.0 Å². The Morgan fingerprint density at radius 2 is 1.72 bits per heavy atom. The summed E-state index contributed by atoms with van der Waals surface area (Å²) >= 11 is 6.60. The van der Waals surface area contributed by atoms with E-state index in [1.54, 1.807) is 44.2 Å². The molecule has 0 radical (unpaired) electrons. The van der Waals surface area contributed by atoms with Crippen molar-refractivity contribution in [3.8, 4) is 23.0 Å². The molecule has 3 N–H and O–H groups in total. The van der Waals surface area contributed by atoms with Gasteiger partial charge in [0.1, 0.15) is 6.61 Å². The van der Waals surface area contributed by atoms with Crippen LogP contribution in [0.4, 0.5) is 4.79 Å². The normalized spacial score (nSPS) is 14.2. The van der Waals surface area contributed by atoms with Crippen molar-refractivity contribution in [1.82, 2.24) is 16.1 Å². The van der Waals surface area contributed by atoms with Crippen molar-refractivity contribution in [2.24, 2.45) is 5.10 Å². The van der Waals surface area contributed by atoms with Gasteiger partial charge in [-0.25, -0.2) is 15.0 Å². The second kappa shape index (κ2) is 16.6. The number of amides is 3. The molecule has 1 aliphatic rings. The molecule has 0 aliphatic carbocycles. The first-order valence-corrected chi connectivity index (χ1v) is 16.2. The van der Waals surface area contributed by atoms with Crippen molar-refractivity contribution < 1.29 is 38.1 Å². The second-order valence-electron chi connectivity index (χ2n) is 11.0. The van der Waals surface area contributed by atoms with Gasteiger partial charge in [-0.15, -0.1) is 0 Å². The molecule has 1 aliphatic heterocycles. The van der Waals surface area contributed by atoms with Crippen molar-refractivity contribution in [2.45, 2.75) is 33.4 Å². The number of allylic oxidation sites excluding steroid dienone is 1. The molecule has 12 nitrogen and oxygen atoms in total. The van der Waals surface area contributed by atoms with Crippen LogP contribution in [0.5, 0.6) is 23.0 Å². The topological polar surface area (TPSA) is 146 Å². The largest absolute Gasteiger partial charge is 0.493 e. The van der Waals surface area contributed by atoms with Gasteiger partial charge in [0, 0.05) is 5.70 Å². The number of benzene rings is 4. The SMILES string of the molecule is CCOC(=O)C1=C(C)NC(=O)N[C@@H]1c1ccc(OCC(=O)N/N=C\c2cc(Cl)c(OCc3ccc4ccccc4c3)c(OCC)c2)c(OC)c1. The number of hydrazone groups is 1. The van der Waals surface area contributed by atoms with E-state index < -0.39 is 23.9 Å². The number of halogens is 1. The Labute approximate surface area is 294 Å². The van der Waals surface area contributed by atoms with E-state index in [0.29, 0.717) is 46.6 Å². The maximum Gasteiger partial charge on any atom is 0.338 e. The molecule has 4 aromatic rings. The molecular formula is C37H37ClN4O8. The Hall–Kier alpha value is -5.75. The number of nitrogens with zero attached hydrogens (tertiary/aromatic N) is 1. The summed E-state index contributed by atoms with van der Waals surface area (Å²) in [4.78, 5) is 37.5. The van der Waals surface area contributed by atoms with Crippen molar-refractivity contribution in [3.63, 3.8) is 0 Å². The first-order valence-electron chi connectivity index (χ1n) is 15.9. The zero-order valence-electron chi connectivity index (χ0n) is 28.0. The predicted molar refractivity (Wildman–Crippen MR) is 189 cm³/mol. The molecule has 1 heterocycles. The summed E-state index contributed by atoms with van der Waals surface area (Å²) in [6, 6.07) is 21.2. The number of esters is 1. The average Bonchev–Trinajstić information content (AvgIpc) is 3.10. The van der Waals surface area contributed by atoms with E-state index in [2.05, 4.69) is 33.3 Å². The lowest BCUT2D eigenvalue weighted by molar-refractivity contribution is -0.139. The van der Waals surface area contributed by atoms with Crippen LogP contribution in [0.25, 0.3) is 10.8 Å². The van der Waals surface area contributed by atoms with E-state index in [0.717, 1.165) is 16.3 Å². The smallest absolute Gasteiger partial charge is 0.338 e. The fraction of sp³-hybridized carbons (Fsp3) is 0.243. The highest BCUT2D eigenvalue weighted by Crippen LogP contribution is 2.37. The summed E-state index contributed by atoms with van der Waals surface area (Å²) in [7, 11) is 1.44. The van der Waals surface area contributed by atoms with Crippen LogP contribution in [-0.4, -0.2) is 51.1 Å². The zero-order chi connectivity index (χ0) is 35.6. The maximum absolute atomic E-state index is 12.7. The third-order valence-corrected chi connectivity index (χ3v) is 7.86. The Morgan fingerprint density at radius 3 is 2.48 bits per heavy atom. The van der Waals surface area contributed by atoms with E-state index in [4.69, 9.17) is 35.3 Å². The Balaban J connectivity index is 1.20. The maximum atomic E-state index is 12.7. The molecule has 0 fully saturated rings. The first-order chi connectivity index (χ1) is 24.2. The lowest BCUT2D eigenvalue weighted by Gasteiger charge is -2.28. The summed E-state index contributed by atoms with van der Waals surface area (Å²) in [5, 5.41) is 12.0. The third-order valence-electron chi connectivity index (χ3n) is 7.58. The van der Waals surface area contributed by atoms with Crippen molar-refractivity contribution in [3.05, 3.63) is 106 Å². The number of methoxy groups -OCH3 is 1. The Morgan fingerprint density at radius 1 is 0.920 bits per heavy atom. The number of hydrogen-bond acceptors (Lipinski definition) is 9. The van der Waals surface area contributed by atoms with Crippen LogP contribution in [0.3, 0.4) is 0 Å². The van der Waals surface area contributed by atoms with E-state index in [9.17, 15) is 14.4 Å². The van der Waals surface area contributed by atoms with E-state index in [1.165, 1.54) is 13.3 Å². The van der Waals surface area contributed by atoms with Crippen LogP contribution in [0.1, 0.15) is 43.5 Å². The zero-order valence-corrected chi connectivity index (χ0v) is 28.8. The second-order valence-corrected chi connectivity index (χ2v) is 11.4. The quantitative estimate of drug-likeness (QED) is 0.0801. The van der Waals surface area contributed by atoms with Crippen LogP contribution in [0.15, 0.2) is 89.2 Å². The highest BCUT2D eigenvalue weighted by atomic mass is 35.5. The molecule has 50 heavy (non-hydrogen) atoms. The van der Waals surface area contributed by atoms with Crippen LogP contribution >= 0.6 is 11.6 Å². The summed E-state index contributed by atoms with van der Waals surface area (Å²) in [5.41, 5.74) is 5.18. The van der Waals surface area contributed by atoms with Gasteiger partial charge < -0.3 is 34.3 Å². The van der Waals surface area contributed by atoms with E-state index in [-0.39, 0.29) is 30.3 Å². The number of fused-ring (bicyclic) bond motifs is 1. The van der Waals surface area contributed by atoms with Gasteiger partial charge >= 0.3 is 12.0 Å². The molecule has 260 valence electrons. The molecular weight excluding hydrogens is 664 g/mol. The number of rotatable bonds is 14. The summed E-state index contributed by atoms with van der Waals surface area (Å²) in [5.74, 6) is 0.303. The van der Waals surface area contributed by atoms with Crippen LogP contribution in [0.2, 0.25) is 5.02 Å². The van der Waals surface area contributed by atoms with Crippen molar-refractivity contribution in [2.75, 3.05) is 26.9 Å². The van der Waals surface area contributed by atoms with Gasteiger partial charge in [0.25, 0.3) is 5.91 Å². The third kappa shape index (κ3) is 8.63. The lowest BCUT2D eigenvalue weighted by atomic mass is 9.95. The van der Waals surface area contributed by atoms with Gasteiger partial charge in [-0.1, -0.05) is 54.1 Å². The van der Waals surface area contributed by atoms with Crippen molar-refractivity contribution >= 4 is 46.5 Å². The number of carbonyl (C=O) groups excluding carboxylic acids is 3. The molecule has 5 rings (SSSR count). The molecule has 0 unspecified atom stereocenters. The fourth-order valence-corrected chi connectivity index (χ4v) is 5.58. The first kappa shape index (κ1) is 35.6. The van der Waals surface area contributed by atoms with Gasteiger partial charge in [0.15, 0.2) is 29.6 Å². The molecule has 0 saturated heterocycles. The molecule has 13 heteroatoms. The van der Waals surface area contributed by atoms with Crippen LogP contribution in [-0.2, 0) is 20.9 Å². The average molecular weight is 701 g/mol. The molecule has 3 amide bonds. The number of nitrogens with one attached hydrogen (secondary N) is 3. The predicted octanol–water partition coefficient (Wildman–Crippen LogP) is 6.20. The molecule has 0 aromatic heterocycles. The molecule has 0 spiro atoms. The standard InChI is InChI=1S/C37H37ClN4O8/c1-5-47-31-17-24(16-28(38)35(31)50-20-23-11-12-25-9-7-8-10-26(25)15-23)19-39-42-32(43)21-49-29-14-13-27(18-30(29)46-4)34-33(36(44)48-6-2)22(3)40-37(45)41-34/h7-19,34H,5-6,20-21H2,1-4H3,(H,42,43)(H2,40,41,45)/b39-19-/t34-/m1/s1. The monoisotopic (exact) mass is 700 g/mol. The minimum atomic E-state index is -0.787. The number of hydrogen-bond donors (Lipinski definition) is 3. The molecule has 0 bridgehead atoms. The lowest BCUT2D eigenvalue weighted by Crippen LogP contribution is -2.45. The number of carbonyl (C=O) groups is 3. The molecule has 0 saturated carbocycles. The minimum absolute atomic E-state index is 0.176. The van der Waals surface area contributed by atoms with Gasteiger partial charge in [0.2, 0.25) is 0 Å². The Bertz CT molecular complexity index is 1960. The highest BCUT2D eigenvalue weighted by Gasteiger charge is 2.32. The van der Waals surface area contributed by atoms with Crippen molar-refractivity contribution in [1.29, 1.82) is 0 Å². The fourth-order valence-electron chi connectivity index (χ4n) is 5.31. The Kier molecular flexibility index (Phi) is 11.8. The molecule has 1 atom stereocenters. The number of ether oxygens (including phenoxy) is 5. The number of urea groups is 1. The minimum Gasteiger partial charge on any atom is -0.493 e. The molecule has 4 aromatic carbocycles. The summed E-state index contributed by atoms with van der Waals surface area (Å²) in [6.45, 7) is 5.65. The van der Waals surface area contributed by atoms with E-state index in [1.807, 2.05) is 37.3 Å². The highest BCUT2D eigenvalue weighted by molar-refractivity contribution is 6.32. The van der Waals surface area contributed by atoms with Gasteiger partial charge in [-0.05, 0) is 78.6 Å². The van der Waals surface area contributed by atoms with Gasteiger partial charge in [-0.2, -0.15) is 5.10 Å². The van der Waals surface area contributed by atoms with E-state index >= 15 is 0 Å². The van der Waals surface area contributed by atoms with Crippen LogP contribution in [0, 0.1) is 0 Å². The van der Waals surface area contributed by atoms with Gasteiger partial charge in [0.05, 0.1) is 43.2 Å². The summed E-state index contributed by atoms with van der Waals surface area (Å²) in [6.07, 6.45) is 1.43. The van der Waals surface area contributed by atoms with Gasteiger partial charge in [-0.3, -0.25) is 4.79 Å².